The summed E-state index contributed by atoms with van der Waals surface area (Å²) in [6.07, 6.45) is 6.38. The lowest BCUT2D eigenvalue weighted by molar-refractivity contribution is 0.418. The zero-order chi connectivity index (χ0) is 12.6. The van der Waals surface area contributed by atoms with Gasteiger partial charge in [-0.15, -0.1) is 0 Å². The smallest absolute Gasteiger partial charge is 0.145 e. The Hall–Kier alpha value is -1.61. The van der Waals surface area contributed by atoms with Crippen LogP contribution in [0.1, 0.15) is 31.2 Å². The lowest BCUT2D eigenvalue weighted by atomic mass is 9.87. The predicted molar refractivity (Wildman–Crippen MR) is 72.6 cm³/mol. The first kappa shape index (κ1) is 11.5. The van der Waals surface area contributed by atoms with Crippen LogP contribution in [0, 0.1) is 0 Å². The van der Waals surface area contributed by atoms with Crippen LogP contribution >= 0.6 is 0 Å². The average molecular weight is 242 g/mol. The number of nitrogens with zero attached hydrogens (tertiary/aromatic N) is 1. The first-order chi connectivity index (χ1) is 8.74. The van der Waals surface area contributed by atoms with E-state index in [0.29, 0.717) is 0 Å². The van der Waals surface area contributed by atoms with E-state index in [2.05, 4.69) is 17.1 Å². The Morgan fingerprint density at radius 3 is 2.72 bits per heavy atom. The molecule has 0 atom stereocenters. The number of methoxy groups -OCH3 is 1. The van der Waals surface area contributed by atoms with Crippen molar-refractivity contribution in [2.45, 2.75) is 31.2 Å². The normalized spacial score (nSPS) is 18.1. The molecule has 0 radical (unpaired) electrons. The maximum Gasteiger partial charge on any atom is 0.145 e. The maximum atomic E-state index is 6.57. The SMILES string of the molecule is COc1cccc2c(C3(N)CCCC3)ccnc12. The first-order valence-corrected chi connectivity index (χ1v) is 6.46. The van der Waals surface area contributed by atoms with Gasteiger partial charge in [-0.2, -0.15) is 0 Å². The molecule has 3 nitrogen and oxygen atoms in total. The van der Waals surface area contributed by atoms with E-state index in [1.807, 2.05) is 18.3 Å². The third kappa shape index (κ3) is 1.66. The Balaban J connectivity index is 2.24. The Kier molecular flexibility index (Phi) is 2.71. The van der Waals surface area contributed by atoms with E-state index in [1.54, 1.807) is 7.11 Å². The summed E-state index contributed by atoms with van der Waals surface area (Å²) in [7, 11) is 1.68. The van der Waals surface area contributed by atoms with Gasteiger partial charge in [0.1, 0.15) is 11.3 Å². The molecule has 0 bridgehead atoms. The minimum atomic E-state index is -0.187. The molecule has 94 valence electrons. The molecule has 0 spiro atoms. The first-order valence-electron chi connectivity index (χ1n) is 6.46. The van der Waals surface area contributed by atoms with E-state index >= 15 is 0 Å². The van der Waals surface area contributed by atoms with Crippen LogP contribution in [0.2, 0.25) is 0 Å². The van der Waals surface area contributed by atoms with Crippen molar-refractivity contribution in [3.8, 4) is 5.75 Å². The molecule has 0 unspecified atom stereocenters. The van der Waals surface area contributed by atoms with E-state index in [-0.39, 0.29) is 5.54 Å². The van der Waals surface area contributed by atoms with E-state index < -0.39 is 0 Å². The van der Waals surface area contributed by atoms with Crippen molar-refractivity contribution in [3.63, 3.8) is 0 Å². The van der Waals surface area contributed by atoms with Gasteiger partial charge in [0.05, 0.1) is 7.11 Å². The van der Waals surface area contributed by atoms with Gasteiger partial charge in [-0.3, -0.25) is 4.98 Å². The number of nitrogens with two attached hydrogens (primary N) is 1. The van der Waals surface area contributed by atoms with Crippen molar-refractivity contribution < 1.29 is 4.74 Å². The van der Waals surface area contributed by atoms with E-state index in [1.165, 1.54) is 18.4 Å². The fraction of sp³-hybridized carbons (Fsp3) is 0.400. The predicted octanol–water partition coefficient (Wildman–Crippen LogP) is 2.97. The molecule has 1 aromatic carbocycles. The third-order valence-corrected chi connectivity index (χ3v) is 3.99. The number of hydrogen-bond donors (Lipinski definition) is 1. The molecule has 1 aliphatic rings. The van der Waals surface area contributed by atoms with Gasteiger partial charge >= 0.3 is 0 Å². The molecule has 1 saturated carbocycles. The Bertz CT molecular complexity index is 574. The molecule has 1 fully saturated rings. The van der Waals surface area contributed by atoms with Crippen molar-refractivity contribution in [2.24, 2.45) is 5.73 Å². The van der Waals surface area contributed by atoms with Crippen molar-refractivity contribution in [2.75, 3.05) is 7.11 Å². The molecule has 1 aliphatic carbocycles. The minimum absolute atomic E-state index is 0.187. The highest BCUT2D eigenvalue weighted by Gasteiger charge is 2.32. The molecule has 0 aliphatic heterocycles. The maximum absolute atomic E-state index is 6.57. The molecule has 1 heterocycles. The highest BCUT2D eigenvalue weighted by Crippen LogP contribution is 2.40. The van der Waals surface area contributed by atoms with Crippen LogP contribution in [0.15, 0.2) is 30.5 Å². The molecule has 18 heavy (non-hydrogen) atoms. The summed E-state index contributed by atoms with van der Waals surface area (Å²) < 4.78 is 5.37. The lowest BCUT2D eigenvalue weighted by Gasteiger charge is -2.25. The Morgan fingerprint density at radius 1 is 1.22 bits per heavy atom. The molecular weight excluding hydrogens is 224 g/mol. The largest absolute Gasteiger partial charge is 0.494 e. The number of para-hydroxylation sites is 1. The van der Waals surface area contributed by atoms with E-state index in [0.717, 1.165) is 29.5 Å². The second-order valence-corrected chi connectivity index (χ2v) is 5.08. The summed E-state index contributed by atoms with van der Waals surface area (Å²) in [6, 6.07) is 8.10. The molecule has 2 aromatic rings. The van der Waals surface area contributed by atoms with Gasteiger partial charge in [-0.1, -0.05) is 25.0 Å². The molecule has 2 N–H and O–H groups in total. The second kappa shape index (κ2) is 4.25. The highest BCUT2D eigenvalue weighted by atomic mass is 16.5. The van der Waals surface area contributed by atoms with Gasteiger partial charge in [0.25, 0.3) is 0 Å². The minimum Gasteiger partial charge on any atom is -0.494 e. The Morgan fingerprint density at radius 2 is 2.00 bits per heavy atom. The van der Waals surface area contributed by atoms with Gasteiger partial charge in [0.2, 0.25) is 0 Å². The van der Waals surface area contributed by atoms with Gasteiger partial charge in [0.15, 0.2) is 0 Å². The molecule has 0 amide bonds. The van der Waals surface area contributed by atoms with E-state index in [4.69, 9.17) is 10.5 Å². The zero-order valence-electron chi connectivity index (χ0n) is 10.6. The molecule has 1 aromatic heterocycles. The van der Waals surface area contributed by atoms with E-state index in [9.17, 15) is 0 Å². The van der Waals surface area contributed by atoms with Crippen molar-refractivity contribution in [3.05, 3.63) is 36.0 Å². The summed E-state index contributed by atoms with van der Waals surface area (Å²) in [4.78, 5) is 4.43. The topological polar surface area (TPSA) is 48.1 Å². The van der Waals surface area contributed by atoms with Crippen LogP contribution in [0.25, 0.3) is 10.9 Å². The molecular formula is C15H18N2O. The fourth-order valence-corrected chi connectivity index (χ4v) is 3.02. The molecule has 0 saturated heterocycles. The summed E-state index contributed by atoms with van der Waals surface area (Å²) in [5.41, 5.74) is 8.51. The number of hydrogen-bond acceptors (Lipinski definition) is 3. The molecule has 3 rings (SSSR count). The van der Waals surface area contributed by atoms with Crippen molar-refractivity contribution >= 4 is 10.9 Å². The zero-order valence-corrected chi connectivity index (χ0v) is 10.6. The number of benzene rings is 1. The van der Waals surface area contributed by atoms with Gasteiger partial charge < -0.3 is 10.5 Å². The number of rotatable bonds is 2. The van der Waals surface area contributed by atoms with Gasteiger partial charge in [-0.05, 0) is 30.5 Å². The van der Waals surface area contributed by atoms with Crippen LogP contribution in [-0.4, -0.2) is 12.1 Å². The summed E-state index contributed by atoms with van der Waals surface area (Å²) in [5.74, 6) is 0.816. The highest BCUT2D eigenvalue weighted by molar-refractivity contribution is 5.88. The lowest BCUT2D eigenvalue weighted by Crippen LogP contribution is -2.33. The van der Waals surface area contributed by atoms with Gasteiger partial charge in [-0.25, -0.2) is 0 Å². The molecule has 3 heteroatoms. The van der Waals surface area contributed by atoms with Gasteiger partial charge in [0, 0.05) is 17.1 Å². The van der Waals surface area contributed by atoms with Crippen LogP contribution in [0.5, 0.6) is 5.75 Å². The number of ether oxygens (including phenoxy) is 1. The van der Waals surface area contributed by atoms with Crippen molar-refractivity contribution in [1.29, 1.82) is 0 Å². The van der Waals surface area contributed by atoms with Crippen LogP contribution in [0.3, 0.4) is 0 Å². The third-order valence-electron chi connectivity index (χ3n) is 3.99. The number of fused-ring (bicyclic) bond motifs is 1. The quantitative estimate of drug-likeness (QED) is 0.880. The Labute approximate surface area is 107 Å². The van der Waals surface area contributed by atoms with Crippen LogP contribution in [-0.2, 0) is 5.54 Å². The average Bonchev–Trinajstić information content (AvgIpc) is 2.85. The summed E-state index contributed by atoms with van der Waals surface area (Å²) >= 11 is 0. The standard InChI is InChI=1S/C15H18N2O/c1-18-13-6-4-5-11-12(7-10-17-14(11)13)15(16)8-2-3-9-15/h4-7,10H,2-3,8-9,16H2,1H3. The van der Waals surface area contributed by atoms with Crippen LogP contribution in [0.4, 0.5) is 0 Å². The number of aromatic nitrogens is 1. The van der Waals surface area contributed by atoms with Crippen molar-refractivity contribution in [1.82, 2.24) is 4.98 Å². The monoisotopic (exact) mass is 242 g/mol. The fourth-order valence-electron chi connectivity index (χ4n) is 3.02. The number of pyridine rings is 1. The van der Waals surface area contributed by atoms with Crippen LogP contribution < -0.4 is 10.5 Å². The summed E-state index contributed by atoms with van der Waals surface area (Å²) in [6.45, 7) is 0. The summed E-state index contributed by atoms with van der Waals surface area (Å²) in [5, 5.41) is 1.13. The second-order valence-electron chi connectivity index (χ2n) is 5.08.